The predicted molar refractivity (Wildman–Crippen MR) is 63.1 cm³/mol. The van der Waals surface area contributed by atoms with Crippen LogP contribution in [0.25, 0.3) is 0 Å². The SMILES string of the molecule is CCC1OCCC1CNc1nccnc1N. The van der Waals surface area contributed by atoms with Crippen LogP contribution in [-0.4, -0.2) is 29.2 Å². The third-order valence-corrected chi connectivity index (χ3v) is 3.01. The van der Waals surface area contributed by atoms with Crippen LogP contribution in [0.5, 0.6) is 0 Å². The molecule has 1 saturated heterocycles. The van der Waals surface area contributed by atoms with E-state index in [0.717, 1.165) is 26.0 Å². The number of nitrogens with one attached hydrogen (secondary N) is 1. The van der Waals surface area contributed by atoms with Crippen molar-refractivity contribution in [2.24, 2.45) is 5.92 Å². The molecular formula is C11H18N4O. The topological polar surface area (TPSA) is 73.1 Å². The Morgan fingerprint density at radius 2 is 2.31 bits per heavy atom. The molecule has 88 valence electrons. The van der Waals surface area contributed by atoms with Crippen LogP contribution >= 0.6 is 0 Å². The molecule has 5 heteroatoms. The van der Waals surface area contributed by atoms with E-state index in [1.807, 2.05) is 0 Å². The van der Waals surface area contributed by atoms with Crippen molar-refractivity contribution < 1.29 is 4.74 Å². The van der Waals surface area contributed by atoms with Crippen LogP contribution in [0.1, 0.15) is 19.8 Å². The molecule has 1 aromatic rings. The van der Waals surface area contributed by atoms with Gasteiger partial charge in [0.2, 0.25) is 0 Å². The molecule has 1 aromatic heterocycles. The summed E-state index contributed by atoms with van der Waals surface area (Å²) >= 11 is 0. The second-order valence-corrected chi connectivity index (χ2v) is 4.04. The molecule has 0 amide bonds. The number of nitrogens with zero attached hydrogens (tertiary/aromatic N) is 2. The Balaban J connectivity index is 1.90. The van der Waals surface area contributed by atoms with Gasteiger partial charge in [-0.3, -0.25) is 0 Å². The average molecular weight is 222 g/mol. The Kier molecular flexibility index (Phi) is 3.56. The Hall–Kier alpha value is -1.36. The van der Waals surface area contributed by atoms with Crippen LogP contribution in [0.4, 0.5) is 11.6 Å². The number of ether oxygens (including phenoxy) is 1. The molecule has 2 rings (SSSR count). The van der Waals surface area contributed by atoms with Gasteiger partial charge in [-0.05, 0) is 12.8 Å². The number of rotatable bonds is 4. The number of nitrogen functional groups attached to an aromatic ring is 1. The van der Waals surface area contributed by atoms with Gasteiger partial charge >= 0.3 is 0 Å². The Morgan fingerprint density at radius 3 is 3.06 bits per heavy atom. The molecule has 2 heterocycles. The van der Waals surface area contributed by atoms with Crippen molar-refractivity contribution in [3.8, 4) is 0 Å². The van der Waals surface area contributed by atoms with Crippen molar-refractivity contribution in [3.05, 3.63) is 12.4 Å². The van der Waals surface area contributed by atoms with Gasteiger partial charge in [0.15, 0.2) is 11.6 Å². The number of hydrogen-bond donors (Lipinski definition) is 2. The molecule has 3 N–H and O–H groups in total. The quantitative estimate of drug-likeness (QED) is 0.803. The van der Waals surface area contributed by atoms with Crippen LogP contribution in [-0.2, 0) is 4.74 Å². The molecule has 0 aliphatic carbocycles. The highest BCUT2D eigenvalue weighted by Gasteiger charge is 2.26. The van der Waals surface area contributed by atoms with Gasteiger partial charge in [-0.2, -0.15) is 0 Å². The summed E-state index contributed by atoms with van der Waals surface area (Å²) in [5.74, 6) is 1.67. The van der Waals surface area contributed by atoms with E-state index in [9.17, 15) is 0 Å². The maximum Gasteiger partial charge on any atom is 0.168 e. The van der Waals surface area contributed by atoms with Gasteiger partial charge in [0.1, 0.15) is 0 Å². The first-order valence-electron chi connectivity index (χ1n) is 5.73. The van der Waals surface area contributed by atoms with E-state index in [0.29, 0.717) is 23.7 Å². The fourth-order valence-corrected chi connectivity index (χ4v) is 2.09. The van der Waals surface area contributed by atoms with E-state index in [1.54, 1.807) is 12.4 Å². The van der Waals surface area contributed by atoms with Crippen LogP contribution in [0.15, 0.2) is 12.4 Å². The molecule has 0 spiro atoms. The smallest absolute Gasteiger partial charge is 0.168 e. The first-order valence-corrected chi connectivity index (χ1v) is 5.73. The summed E-state index contributed by atoms with van der Waals surface area (Å²) in [5.41, 5.74) is 5.71. The lowest BCUT2D eigenvalue weighted by Gasteiger charge is -2.17. The van der Waals surface area contributed by atoms with Gasteiger partial charge in [0.25, 0.3) is 0 Å². The second kappa shape index (κ2) is 5.12. The molecule has 2 unspecified atom stereocenters. The Morgan fingerprint density at radius 1 is 1.50 bits per heavy atom. The third kappa shape index (κ3) is 2.41. The average Bonchev–Trinajstić information content (AvgIpc) is 2.75. The van der Waals surface area contributed by atoms with Gasteiger partial charge in [0, 0.05) is 31.5 Å². The van der Waals surface area contributed by atoms with Crippen molar-refractivity contribution in [1.82, 2.24) is 9.97 Å². The molecule has 5 nitrogen and oxygen atoms in total. The molecular weight excluding hydrogens is 204 g/mol. The lowest BCUT2D eigenvalue weighted by Crippen LogP contribution is -2.23. The summed E-state index contributed by atoms with van der Waals surface area (Å²) in [6.45, 7) is 3.86. The van der Waals surface area contributed by atoms with Crippen molar-refractivity contribution >= 4 is 11.6 Å². The summed E-state index contributed by atoms with van der Waals surface area (Å²) < 4.78 is 5.63. The maximum atomic E-state index is 5.71. The van der Waals surface area contributed by atoms with Crippen LogP contribution in [0.3, 0.4) is 0 Å². The van der Waals surface area contributed by atoms with E-state index in [2.05, 4.69) is 22.2 Å². The van der Waals surface area contributed by atoms with Crippen molar-refractivity contribution in [2.75, 3.05) is 24.2 Å². The van der Waals surface area contributed by atoms with E-state index in [-0.39, 0.29) is 0 Å². The van der Waals surface area contributed by atoms with Crippen molar-refractivity contribution in [3.63, 3.8) is 0 Å². The summed E-state index contributed by atoms with van der Waals surface area (Å²) in [6, 6.07) is 0. The highest BCUT2D eigenvalue weighted by atomic mass is 16.5. The zero-order chi connectivity index (χ0) is 11.4. The van der Waals surface area contributed by atoms with Gasteiger partial charge in [-0.15, -0.1) is 0 Å². The van der Waals surface area contributed by atoms with E-state index in [1.165, 1.54) is 0 Å². The molecule has 0 bridgehead atoms. The highest BCUT2D eigenvalue weighted by molar-refractivity contribution is 5.54. The number of aromatic nitrogens is 2. The summed E-state index contributed by atoms with van der Waals surface area (Å²) in [4.78, 5) is 8.14. The van der Waals surface area contributed by atoms with Crippen LogP contribution in [0.2, 0.25) is 0 Å². The molecule has 0 saturated carbocycles. The standard InChI is InChI=1S/C11H18N4O/c1-2-9-8(3-6-16-9)7-15-11-10(12)13-4-5-14-11/h4-5,8-9H,2-3,6-7H2,1H3,(H2,12,13)(H,14,15). The minimum atomic E-state index is 0.366. The van der Waals surface area contributed by atoms with Gasteiger partial charge < -0.3 is 15.8 Å². The van der Waals surface area contributed by atoms with Gasteiger partial charge in [-0.1, -0.05) is 6.92 Å². The second-order valence-electron chi connectivity index (χ2n) is 4.04. The summed E-state index contributed by atoms with van der Waals surface area (Å²) in [7, 11) is 0. The molecule has 1 fully saturated rings. The number of anilines is 2. The molecule has 0 radical (unpaired) electrons. The fraction of sp³-hybridized carbons (Fsp3) is 0.636. The fourth-order valence-electron chi connectivity index (χ4n) is 2.09. The van der Waals surface area contributed by atoms with E-state index >= 15 is 0 Å². The third-order valence-electron chi connectivity index (χ3n) is 3.01. The lowest BCUT2D eigenvalue weighted by molar-refractivity contribution is 0.0900. The van der Waals surface area contributed by atoms with E-state index in [4.69, 9.17) is 10.5 Å². The molecule has 1 aliphatic rings. The van der Waals surface area contributed by atoms with Gasteiger partial charge in [-0.25, -0.2) is 9.97 Å². The zero-order valence-corrected chi connectivity index (χ0v) is 9.52. The van der Waals surface area contributed by atoms with Crippen LogP contribution < -0.4 is 11.1 Å². The Bertz CT molecular complexity index is 345. The minimum Gasteiger partial charge on any atom is -0.381 e. The van der Waals surface area contributed by atoms with Crippen LogP contribution in [0, 0.1) is 5.92 Å². The van der Waals surface area contributed by atoms with E-state index < -0.39 is 0 Å². The monoisotopic (exact) mass is 222 g/mol. The molecule has 2 atom stereocenters. The zero-order valence-electron chi connectivity index (χ0n) is 9.52. The maximum absolute atomic E-state index is 5.71. The van der Waals surface area contributed by atoms with Crippen molar-refractivity contribution in [2.45, 2.75) is 25.9 Å². The number of hydrogen-bond acceptors (Lipinski definition) is 5. The minimum absolute atomic E-state index is 0.366. The van der Waals surface area contributed by atoms with Gasteiger partial charge in [0.05, 0.1) is 6.10 Å². The Labute approximate surface area is 95.4 Å². The first kappa shape index (κ1) is 11.1. The highest BCUT2D eigenvalue weighted by Crippen LogP contribution is 2.24. The lowest BCUT2D eigenvalue weighted by atomic mass is 10.00. The summed E-state index contributed by atoms with van der Waals surface area (Å²) in [5, 5.41) is 3.24. The molecule has 1 aliphatic heterocycles. The predicted octanol–water partition coefficient (Wildman–Crippen LogP) is 1.29. The normalized spacial score (nSPS) is 24.6. The van der Waals surface area contributed by atoms with Crippen molar-refractivity contribution in [1.29, 1.82) is 0 Å². The molecule has 16 heavy (non-hydrogen) atoms. The first-order chi connectivity index (χ1) is 7.81. The molecule has 0 aromatic carbocycles. The summed E-state index contributed by atoms with van der Waals surface area (Å²) in [6.07, 6.45) is 5.76. The largest absolute Gasteiger partial charge is 0.381 e. The number of nitrogens with two attached hydrogens (primary N) is 1.